The lowest BCUT2D eigenvalue weighted by molar-refractivity contribution is -0.134. The first-order valence-electron chi connectivity index (χ1n) is 10.2. The Labute approximate surface area is 156 Å². The van der Waals surface area contributed by atoms with Gasteiger partial charge in [-0.2, -0.15) is 0 Å². The molecule has 1 aromatic heterocycles. The van der Waals surface area contributed by atoms with Gasteiger partial charge in [-0.3, -0.25) is 14.7 Å². The summed E-state index contributed by atoms with van der Waals surface area (Å²) in [5.74, 6) is 0.919. The third-order valence-corrected chi connectivity index (χ3v) is 7.13. The van der Waals surface area contributed by atoms with E-state index >= 15 is 0 Å². The van der Waals surface area contributed by atoms with Crippen molar-refractivity contribution in [2.45, 2.75) is 57.1 Å². The minimum atomic E-state index is -0.440. The quantitative estimate of drug-likeness (QED) is 0.903. The molecular formula is C21H31N3O2. The lowest BCUT2D eigenvalue weighted by Gasteiger charge is -2.52. The van der Waals surface area contributed by atoms with E-state index in [4.69, 9.17) is 0 Å². The lowest BCUT2D eigenvalue weighted by atomic mass is 9.64. The second-order valence-corrected chi connectivity index (χ2v) is 8.50. The van der Waals surface area contributed by atoms with E-state index in [9.17, 15) is 9.90 Å². The average Bonchev–Trinajstić information content (AvgIpc) is 2.63. The minimum absolute atomic E-state index is 0.0513. The molecule has 1 saturated carbocycles. The van der Waals surface area contributed by atoms with Crippen LogP contribution in [0.15, 0.2) is 24.4 Å². The summed E-state index contributed by atoms with van der Waals surface area (Å²) >= 11 is 0. The number of carbonyl (C=O) groups excluding carboxylic acids is 1. The summed E-state index contributed by atoms with van der Waals surface area (Å²) in [5.41, 5.74) is 0.104. The maximum Gasteiger partial charge on any atom is 0.272 e. The molecule has 142 valence electrons. The highest BCUT2D eigenvalue weighted by Crippen LogP contribution is 2.45. The Morgan fingerprint density at radius 1 is 1.19 bits per heavy atom. The van der Waals surface area contributed by atoms with Gasteiger partial charge in [-0.15, -0.1) is 0 Å². The van der Waals surface area contributed by atoms with Gasteiger partial charge in [0.1, 0.15) is 5.69 Å². The number of aromatic nitrogens is 1. The second-order valence-electron chi connectivity index (χ2n) is 8.50. The van der Waals surface area contributed by atoms with Crippen LogP contribution in [0.2, 0.25) is 0 Å². The summed E-state index contributed by atoms with van der Waals surface area (Å²) in [7, 11) is 0. The molecule has 0 bridgehead atoms. The molecule has 1 aromatic rings. The summed E-state index contributed by atoms with van der Waals surface area (Å²) in [4.78, 5) is 21.3. The number of likely N-dealkylation sites (tertiary alicyclic amines) is 2. The lowest BCUT2D eigenvalue weighted by Crippen LogP contribution is -2.59. The van der Waals surface area contributed by atoms with Gasteiger partial charge in [0.2, 0.25) is 0 Å². The first-order chi connectivity index (χ1) is 12.6. The predicted molar refractivity (Wildman–Crippen MR) is 101 cm³/mol. The van der Waals surface area contributed by atoms with Gasteiger partial charge in [-0.05, 0) is 56.1 Å². The largest absolute Gasteiger partial charge is 0.389 e. The molecule has 0 radical (unpaired) electrons. The van der Waals surface area contributed by atoms with E-state index in [1.165, 1.54) is 19.3 Å². The zero-order chi connectivity index (χ0) is 18.1. The molecule has 2 atom stereocenters. The maximum atomic E-state index is 12.6. The highest BCUT2D eigenvalue weighted by Gasteiger charge is 2.47. The molecule has 0 spiro atoms. The fourth-order valence-corrected chi connectivity index (χ4v) is 5.10. The number of amides is 1. The van der Waals surface area contributed by atoms with Crippen molar-refractivity contribution in [3.05, 3.63) is 30.1 Å². The van der Waals surface area contributed by atoms with Gasteiger partial charge in [-0.1, -0.05) is 19.4 Å². The highest BCUT2D eigenvalue weighted by atomic mass is 16.3. The monoisotopic (exact) mass is 357 g/mol. The Hall–Kier alpha value is -1.46. The molecule has 5 heteroatoms. The number of pyridine rings is 1. The zero-order valence-electron chi connectivity index (χ0n) is 15.8. The van der Waals surface area contributed by atoms with Gasteiger partial charge in [0.15, 0.2) is 0 Å². The molecule has 1 N–H and O–H groups in total. The van der Waals surface area contributed by atoms with E-state index in [-0.39, 0.29) is 5.91 Å². The Kier molecular flexibility index (Phi) is 5.02. The van der Waals surface area contributed by atoms with Crippen LogP contribution < -0.4 is 0 Å². The summed E-state index contributed by atoms with van der Waals surface area (Å²) in [6.07, 6.45) is 8.32. The van der Waals surface area contributed by atoms with Crippen LogP contribution in [0.5, 0.6) is 0 Å². The standard InChI is InChI=1S/C21H31N3O2/c1-16-15-24(14-10-21(16,26)17-5-4-6-17)18-8-12-23(13-9-18)20(25)19-7-2-3-11-22-19/h2-3,7,11,16-18,26H,4-6,8-10,12-15H2,1H3/t16-,21+/m1/s1. The number of nitrogens with zero attached hydrogens (tertiary/aromatic N) is 3. The smallest absolute Gasteiger partial charge is 0.272 e. The molecule has 26 heavy (non-hydrogen) atoms. The van der Waals surface area contributed by atoms with Crippen molar-refractivity contribution in [3.63, 3.8) is 0 Å². The van der Waals surface area contributed by atoms with Crippen LogP contribution in [0.4, 0.5) is 0 Å². The molecule has 4 rings (SSSR count). The van der Waals surface area contributed by atoms with Gasteiger partial charge in [0, 0.05) is 38.4 Å². The van der Waals surface area contributed by atoms with Gasteiger partial charge in [0.25, 0.3) is 5.91 Å². The van der Waals surface area contributed by atoms with Crippen LogP contribution in [0, 0.1) is 11.8 Å². The average molecular weight is 357 g/mol. The van der Waals surface area contributed by atoms with Crippen molar-refractivity contribution < 1.29 is 9.90 Å². The van der Waals surface area contributed by atoms with Crippen LogP contribution in [-0.4, -0.2) is 63.6 Å². The highest BCUT2D eigenvalue weighted by molar-refractivity contribution is 5.92. The van der Waals surface area contributed by atoms with Gasteiger partial charge < -0.3 is 10.0 Å². The molecule has 1 amide bonds. The Balaban J connectivity index is 1.31. The third-order valence-electron chi connectivity index (χ3n) is 7.13. The van der Waals surface area contributed by atoms with E-state index in [1.807, 2.05) is 17.0 Å². The SMILES string of the molecule is C[C@@H]1CN(C2CCN(C(=O)c3ccccn3)CC2)CC[C@@]1(O)C1CCC1. The van der Waals surface area contributed by atoms with E-state index in [0.717, 1.165) is 45.4 Å². The van der Waals surface area contributed by atoms with Crippen LogP contribution in [-0.2, 0) is 0 Å². The van der Waals surface area contributed by atoms with E-state index in [1.54, 1.807) is 12.3 Å². The fourth-order valence-electron chi connectivity index (χ4n) is 5.10. The van der Waals surface area contributed by atoms with Crippen LogP contribution >= 0.6 is 0 Å². The summed E-state index contributed by atoms with van der Waals surface area (Å²) in [6, 6.07) is 6.04. The summed E-state index contributed by atoms with van der Waals surface area (Å²) in [6.45, 7) is 5.82. The van der Waals surface area contributed by atoms with Crippen LogP contribution in [0.1, 0.15) is 55.9 Å². The summed E-state index contributed by atoms with van der Waals surface area (Å²) < 4.78 is 0. The zero-order valence-corrected chi connectivity index (χ0v) is 15.8. The van der Waals surface area contributed by atoms with Crippen molar-refractivity contribution in [2.24, 2.45) is 11.8 Å². The van der Waals surface area contributed by atoms with Crippen LogP contribution in [0.3, 0.4) is 0 Å². The van der Waals surface area contributed by atoms with Gasteiger partial charge in [-0.25, -0.2) is 0 Å². The number of hydrogen-bond donors (Lipinski definition) is 1. The molecule has 0 aromatic carbocycles. The first kappa shape index (κ1) is 17.9. The van der Waals surface area contributed by atoms with Gasteiger partial charge >= 0.3 is 0 Å². The Bertz CT molecular complexity index is 625. The number of piperidine rings is 2. The third kappa shape index (κ3) is 3.27. The molecule has 3 aliphatic rings. The number of aliphatic hydroxyl groups is 1. The number of carbonyl (C=O) groups is 1. The topological polar surface area (TPSA) is 56.7 Å². The van der Waals surface area contributed by atoms with Crippen molar-refractivity contribution in [1.82, 2.24) is 14.8 Å². The van der Waals surface area contributed by atoms with Crippen molar-refractivity contribution in [1.29, 1.82) is 0 Å². The number of hydrogen-bond acceptors (Lipinski definition) is 4. The first-order valence-corrected chi connectivity index (χ1v) is 10.2. The van der Waals surface area contributed by atoms with Crippen molar-refractivity contribution >= 4 is 5.91 Å². The molecule has 3 fully saturated rings. The Morgan fingerprint density at radius 2 is 1.96 bits per heavy atom. The molecular weight excluding hydrogens is 326 g/mol. The maximum absolute atomic E-state index is 12.6. The molecule has 3 heterocycles. The molecule has 2 saturated heterocycles. The minimum Gasteiger partial charge on any atom is -0.389 e. The van der Waals surface area contributed by atoms with Crippen LogP contribution in [0.25, 0.3) is 0 Å². The molecule has 0 unspecified atom stereocenters. The molecule has 1 aliphatic carbocycles. The van der Waals surface area contributed by atoms with Crippen molar-refractivity contribution in [3.8, 4) is 0 Å². The summed E-state index contributed by atoms with van der Waals surface area (Å²) in [5, 5.41) is 11.1. The number of rotatable bonds is 3. The second kappa shape index (κ2) is 7.28. The van der Waals surface area contributed by atoms with E-state index in [0.29, 0.717) is 23.6 Å². The normalized spacial score (nSPS) is 31.6. The predicted octanol–water partition coefficient (Wildman–Crippen LogP) is 2.56. The fraction of sp³-hybridized carbons (Fsp3) is 0.714. The van der Waals surface area contributed by atoms with Crippen molar-refractivity contribution in [2.75, 3.05) is 26.2 Å². The van der Waals surface area contributed by atoms with E-state index in [2.05, 4.69) is 16.8 Å². The molecule has 5 nitrogen and oxygen atoms in total. The van der Waals surface area contributed by atoms with E-state index < -0.39 is 5.60 Å². The van der Waals surface area contributed by atoms with Gasteiger partial charge in [0.05, 0.1) is 5.60 Å². The Morgan fingerprint density at radius 3 is 2.54 bits per heavy atom. The molecule has 2 aliphatic heterocycles.